The van der Waals surface area contributed by atoms with E-state index in [1.165, 1.54) is 47.1 Å². The van der Waals surface area contributed by atoms with E-state index in [-0.39, 0.29) is 0 Å². The lowest BCUT2D eigenvalue weighted by Crippen LogP contribution is -2.11. The van der Waals surface area contributed by atoms with E-state index in [1.54, 1.807) is 0 Å². The molecule has 3 aromatic carbocycles. The summed E-state index contributed by atoms with van der Waals surface area (Å²) in [6.07, 6.45) is 4.67. The highest BCUT2D eigenvalue weighted by molar-refractivity contribution is 6.17. The zero-order valence-corrected chi connectivity index (χ0v) is 19.0. The van der Waals surface area contributed by atoms with Crippen LogP contribution in [0.15, 0.2) is 42.5 Å². The van der Waals surface area contributed by atoms with E-state index >= 15 is 0 Å². The van der Waals surface area contributed by atoms with Crippen LogP contribution in [0.3, 0.4) is 0 Å². The number of hydrogen-bond acceptors (Lipinski definition) is 1. The minimum Gasteiger partial charge on any atom is -0.366 e. The highest BCUT2D eigenvalue weighted by atomic mass is 16.1. The molecule has 1 radical (unpaired) electrons. The lowest BCUT2D eigenvalue weighted by molar-refractivity contribution is 0.100. The maximum atomic E-state index is 12.2. The topological polar surface area (TPSA) is 48.0 Å². The molecule has 1 aromatic heterocycles. The lowest BCUT2D eigenvalue weighted by atomic mass is 9.99. The molecule has 0 bridgehead atoms. The predicted molar refractivity (Wildman–Crippen MR) is 130 cm³/mol. The number of unbranched alkanes of at least 4 members (excludes halogenated alkanes) is 2. The van der Waals surface area contributed by atoms with Crippen LogP contribution in [0, 0.1) is 26.8 Å². The third-order valence-electron chi connectivity index (χ3n) is 6.35. The number of carbonyl (C=O) groups excluding carboxylic acids is 1. The average molecular weight is 412 g/mol. The van der Waals surface area contributed by atoms with Crippen LogP contribution in [0.1, 0.15) is 64.4 Å². The Morgan fingerprint density at radius 1 is 1.03 bits per heavy atom. The molecule has 0 fully saturated rings. The van der Waals surface area contributed by atoms with E-state index < -0.39 is 5.91 Å². The molecule has 4 aromatic rings. The van der Waals surface area contributed by atoms with Crippen molar-refractivity contribution >= 4 is 27.7 Å². The molecule has 0 atom stereocenters. The van der Waals surface area contributed by atoms with Gasteiger partial charge in [-0.25, -0.2) is 0 Å². The Kier molecular flexibility index (Phi) is 5.86. The fraction of sp³-hybridized carbons (Fsp3) is 0.321. The smallest absolute Gasteiger partial charge is 0.249 e. The van der Waals surface area contributed by atoms with E-state index in [0.29, 0.717) is 5.56 Å². The zero-order chi connectivity index (χ0) is 22.1. The van der Waals surface area contributed by atoms with Crippen LogP contribution in [0.2, 0.25) is 0 Å². The second kappa shape index (κ2) is 8.58. The van der Waals surface area contributed by atoms with Crippen molar-refractivity contribution in [2.75, 3.05) is 0 Å². The van der Waals surface area contributed by atoms with Gasteiger partial charge in [-0.3, -0.25) is 4.79 Å². The number of carbonyl (C=O) groups is 1. The molecule has 0 saturated heterocycles. The van der Waals surface area contributed by atoms with Crippen molar-refractivity contribution in [3.63, 3.8) is 0 Å². The first kappa shape index (κ1) is 21.2. The largest absolute Gasteiger partial charge is 0.366 e. The third kappa shape index (κ3) is 3.97. The number of rotatable bonds is 7. The van der Waals surface area contributed by atoms with E-state index in [1.807, 2.05) is 12.1 Å². The van der Waals surface area contributed by atoms with Gasteiger partial charge in [0.1, 0.15) is 0 Å². The van der Waals surface area contributed by atoms with Gasteiger partial charge in [-0.15, -0.1) is 0 Å². The Balaban J connectivity index is 1.95. The van der Waals surface area contributed by atoms with Crippen LogP contribution in [0.4, 0.5) is 0 Å². The quantitative estimate of drug-likeness (QED) is 0.351. The van der Waals surface area contributed by atoms with Gasteiger partial charge in [0.25, 0.3) is 0 Å². The Morgan fingerprint density at radius 2 is 1.77 bits per heavy atom. The summed E-state index contributed by atoms with van der Waals surface area (Å²) in [5.74, 6) is -0.396. The number of primary amides is 1. The van der Waals surface area contributed by atoms with Gasteiger partial charge in [0, 0.05) is 22.9 Å². The van der Waals surface area contributed by atoms with Crippen molar-refractivity contribution in [2.24, 2.45) is 5.73 Å². The fourth-order valence-electron chi connectivity index (χ4n) is 4.82. The van der Waals surface area contributed by atoms with E-state index in [0.717, 1.165) is 34.8 Å². The van der Waals surface area contributed by atoms with Crippen molar-refractivity contribution in [3.05, 3.63) is 81.9 Å². The third-order valence-corrected chi connectivity index (χ3v) is 6.35. The monoisotopic (exact) mass is 411 g/mol. The van der Waals surface area contributed by atoms with Gasteiger partial charge in [-0.05, 0) is 80.1 Å². The second-order valence-electron chi connectivity index (χ2n) is 8.75. The number of nitrogens with zero attached hydrogens (tertiary/aromatic N) is 1. The van der Waals surface area contributed by atoms with Crippen LogP contribution < -0.4 is 5.73 Å². The molecule has 0 spiro atoms. The van der Waals surface area contributed by atoms with Crippen LogP contribution >= 0.6 is 0 Å². The van der Waals surface area contributed by atoms with E-state index in [2.05, 4.69) is 68.7 Å². The van der Waals surface area contributed by atoms with Crippen LogP contribution in [0.25, 0.3) is 21.8 Å². The molecule has 0 aliphatic rings. The summed E-state index contributed by atoms with van der Waals surface area (Å²) in [6.45, 7) is 9.48. The molecule has 4 rings (SSSR count). The lowest BCUT2D eigenvalue weighted by Gasteiger charge is -2.15. The molecule has 3 heteroatoms. The van der Waals surface area contributed by atoms with Crippen LogP contribution in [0.5, 0.6) is 0 Å². The maximum absolute atomic E-state index is 12.2. The Morgan fingerprint density at radius 3 is 2.45 bits per heavy atom. The van der Waals surface area contributed by atoms with Crippen molar-refractivity contribution in [2.45, 2.75) is 59.9 Å². The summed E-state index contributed by atoms with van der Waals surface area (Å²) < 4.78 is 2.33. The summed E-state index contributed by atoms with van der Waals surface area (Å²) in [5, 5.41) is 1.89. The number of nitrogens with two attached hydrogens (primary N) is 1. The maximum Gasteiger partial charge on any atom is 0.249 e. The first-order chi connectivity index (χ1) is 14.9. The normalized spacial score (nSPS) is 11.5. The molecule has 0 saturated carbocycles. The van der Waals surface area contributed by atoms with Crippen molar-refractivity contribution in [3.8, 4) is 0 Å². The van der Waals surface area contributed by atoms with Gasteiger partial charge in [0.15, 0.2) is 0 Å². The predicted octanol–water partition coefficient (Wildman–Crippen LogP) is 6.40. The Hall–Kier alpha value is -3.07. The molecule has 159 valence electrons. The number of aromatic nitrogens is 1. The fourth-order valence-corrected chi connectivity index (χ4v) is 4.82. The summed E-state index contributed by atoms with van der Waals surface area (Å²) in [4.78, 5) is 12.2. The minimum atomic E-state index is -0.396. The molecule has 0 aliphatic carbocycles. The number of fused-ring (bicyclic) bond motifs is 3. The first-order valence-electron chi connectivity index (χ1n) is 11.2. The summed E-state index contributed by atoms with van der Waals surface area (Å²) in [6, 6.07) is 18.2. The Labute approximate surface area is 184 Å². The van der Waals surface area contributed by atoms with Crippen LogP contribution in [-0.4, -0.2) is 10.5 Å². The molecule has 0 aliphatic heterocycles. The van der Waals surface area contributed by atoms with Crippen molar-refractivity contribution in [1.29, 1.82) is 0 Å². The summed E-state index contributed by atoms with van der Waals surface area (Å²) in [7, 11) is 0. The van der Waals surface area contributed by atoms with Gasteiger partial charge in [0.05, 0.1) is 11.0 Å². The molecule has 0 unspecified atom stereocenters. The van der Waals surface area contributed by atoms with Crippen molar-refractivity contribution in [1.82, 2.24) is 4.57 Å². The van der Waals surface area contributed by atoms with Gasteiger partial charge >= 0.3 is 0 Å². The molecule has 1 heterocycles. The molecule has 3 nitrogen and oxygen atoms in total. The SMILES string of the molecule is CCCCCc1c[c]c2c3c(C(N)=O)cccc3n(Cc3c(C)cc(C)cc3C)c2c1. The molecular weight excluding hydrogens is 380 g/mol. The summed E-state index contributed by atoms with van der Waals surface area (Å²) >= 11 is 0. The number of amides is 1. The number of hydrogen-bond donors (Lipinski definition) is 1. The Bertz CT molecular complexity index is 1260. The standard InChI is InChI=1S/C28H31N2O/c1-5-6-7-9-21-12-13-22-26(16-21)30(17-24-19(3)14-18(2)15-20(24)4)25-11-8-10-23(27(22)25)28(29)31/h8,10-12,14-16H,5-7,9,17H2,1-4H3,(H2,29,31). The minimum absolute atomic E-state index is 0.396. The van der Waals surface area contributed by atoms with Gasteiger partial charge in [0.2, 0.25) is 5.91 Å². The summed E-state index contributed by atoms with van der Waals surface area (Å²) in [5.41, 5.74) is 15.0. The van der Waals surface area contributed by atoms with Gasteiger partial charge in [-0.1, -0.05) is 49.6 Å². The van der Waals surface area contributed by atoms with Gasteiger partial charge < -0.3 is 10.3 Å². The highest BCUT2D eigenvalue weighted by Crippen LogP contribution is 2.33. The van der Waals surface area contributed by atoms with E-state index in [9.17, 15) is 4.79 Å². The highest BCUT2D eigenvalue weighted by Gasteiger charge is 2.18. The number of aryl methyl sites for hydroxylation is 4. The van der Waals surface area contributed by atoms with Crippen molar-refractivity contribution < 1.29 is 4.79 Å². The number of benzene rings is 3. The molecule has 2 N–H and O–H groups in total. The first-order valence-corrected chi connectivity index (χ1v) is 11.2. The van der Waals surface area contributed by atoms with Gasteiger partial charge in [-0.2, -0.15) is 0 Å². The van der Waals surface area contributed by atoms with E-state index in [4.69, 9.17) is 5.73 Å². The molecule has 1 amide bonds. The molecule has 31 heavy (non-hydrogen) atoms. The zero-order valence-electron chi connectivity index (χ0n) is 19.0. The molecular formula is C28H31N2O. The second-order valence-corrected chi connectivity index (χ2v) is 8.75. The van der Waals surface area contributed by atoms with Crippen LogP contribution in [-0.2, 0) is 13.0 Å². The average Bonchev–Trinajstić information content (AvgIpc) is 3.03.